The summed E-state index contributed by atoms with van der Waals surface area (Å²) >= 11 is 5.20. The van der Waals surface area contributed by atoms with E-state index in [1.165, 1.54) is 6.07 Å². The molecule has 0 saturated heterocycles. The van der Waals surface area contributed by atoms with Crippen LogP contribution in [-0.2, 0) is 6.42 Å². The molecule has 0 fully saturated rings. The van der Waals surface area contributed by atoms with Crippen molar-refractivity contribution in [2.45, 2.75) is 38.5 Å². The van der Waals surface area contributed by atoms with Crippen molar-refractivity contribution in [1.29, 1.82) is 0 Å². The molecule has 1 rings (SSSR count). The van der Waals surface area contributed by atoms with Gasteiger partial charge in [-0.2, -0.15) is 11.8 Å². The van der Waals surface area contributed by atoms with Gasteiger partial charge in [0.15, 0.2) is 0 Å². The van der Waals surface area contributed by atoms with Gasteiger partial charge < -0.3 is 5.32 Å². The van der Waals surface area contributed by atoms with Crippen molar-refractivity contribution in [2.75, 3.05) is 12.3 Å². The van der Waals surface area contributed by atoms with Crippen molar-refractivity contribution >= 4 is 27.7 Å². The average molecular weight is 334 g/mol. The van der Waals surface area contributed by atoms with Crippen LogP contribution < -0.4 is 5.32 Å². The number of thioether (sulfide) groups is 1. The fourth-order valence-electron chi connectivity index (χ4n) is 1.74. The summed E-state index contributed by atoms with van der Waals surface area (Å²) in [6.07, 6.45) is 0.743. The molecule has 1 N–H and O–H groups in total. The molecule has 0 aliphatic rings. The summed E-state index contributed by atoms with van der Waals surface area (Å²) in [7, 11) is 0. The third-order valence-electron chi connectivity index (χ3n) is 2.60. The standard InChI is InChI=1S/C14H21BrFNS/c1-4-17-13(9-18-10(2)3)7-11-5-6-12(15)8-14(11)16/h5-6,8,10,13,17H,4,7,9H2,1-3H3. The summed E-state index contributed by atoms with van der Waals surface area (Å²) in [5.74, 6) is 0.892. The van der Waals surface area contributed by atoms with Gasteiger partial charge in [-0.3, -0.25) is 0 Å². The molecule has 0 spiro atoms. The maximum absolute atomic E-state index is 13.8. The molecule has 0 amide bonds. The lowest BCUT2D eigenvalue weighted by Gasteiger charge is -2.19. The number of nitrogens with one attached hydrogen (secondary N) is 1. The zero-order valence-corrected chi connectivity index (χ0v) is 13.6. The molecule has 0 aliphatic heterocycles. The van der Waals surface area contributed by atoms with Crippen LogP contribution in [0.25, 0.3) is 0 Å². The number of hydrogen-bond acceptors (Lipinski definition) is 2. The number of halogens is 2. The molecule has 1 aromatic carbocycles. The fraction of sp³-hybridized carbons (Fsp3) is 0.571. The lowest BCUT2D eigenvalue weighted by molar-refractivity contribution is 0.544. The summed E-state index contributed by atoms with van der Waals surface area (Å²) < 4.78 is 14.6. The summed E-state index contributed by atoms with van der Waals surface area (Å²) in [6.45, 7) is 7.38. The molecular formula is C14H21BrFNS. The summed E-state index contributed by atoms with van der Waals surface area (Å²) in [5.41, 5.74) is 0.786. The molecule has 4 heteroatoms. The lowest BCUT2D eigenvalue weighted by atomic mass is 10.1. The summed E-state index contributed by atoms with van der Waals surface area (Å²) in [4.78, 5) is 0. The Kier molecular flexibility index (Phi) is 7.27. The van der Waals surface area contributed by atoms with Gasteiger partial charge in [0.2, 0.25) is 0 Å². The second kappa shape index (κ2) is 8.18. The van der Waals surface area contributed by atoms with E-state index < -0.39 is 0 Å². The van der Waals surface area contributed by atoms with E-state index in [9.17, 15) is 4.39 Å². The largest absolute Gasteiger partial charge is 0.313 e. The van der Waals surface area contributed by atoms with Crippen LogP contribution >= 0.6 is 27.7 Å². The number of hydrogen-bond donors (Lipinski definition) is 1. The first-order chi connectivity index (χ1) is 8.52. The van der Waals surface area contributed by atoms with Gasteiger partial charge in [0.05, 0.1) is 0 Å². The van der Waals surface area contributed by atoms with Gasteiger partial charge in [-0.15, -0.1) is 0 Å². The molecule has 0 radical (unpaired) electrons. The maximum Gasteiger partial charge on any atom is 0.127 e. The molecule has 18 heavy (non-hydrogen) atoms. The van der Waals surface area contributed by atoms with Crippen LogP contribution in [0.15, 0.2) is 22.7 Å². The monoisotopic (exact) mass is 333 g/mol. The van der Waals surface area contributed by atoms with Crippen molar-refractivity contribution in [1.82, 2.24) is 5.32 Å². The lowest BCUT2D eigenvalue weighted by Crippen LogP contribution is -2.34. The highest BCUT2D eigenvalue weighted by Crippen LogP contribution is 2.18. The minimum Gasteiger partial charge on any atom is -0.313 e. The topological polar surface area (TPSA) is 12.0 Å². The van der Waals surface area contributed by atoms with Crippen molar-refractivity contribution in [3.05, 3.63) is 34.1 Å². The molecule has 102 valence electrons. The fourth-order valence-corrected chi connectivity index (χ4v) is 2.93. The van der Waals surface area contributed by atoms with E-state index in [0.29, 0.717) is 11.3 Å². The highest BCUT2D eigenvalue weighted by molar-refractivity contribution is 9.10. The second-order valence-electron chi connectivity index (χ2n) is 4.58. The molecule has 1 aromatic rings. The van der Waals surface area contributed by atoms with Crippen molar-refractivity contribution in [2.24, 2.45) is 0 Å². The molecular weight excluding hydrogens is 313 g/mol. The molecule has 0 aromatic heterocycles. The Hall–Kier alpha value is -0.0600. The second-order valence-corrected chi connectivity index (χ2v) is 7.10. The van der Waals surface area contributed by atoms with Gasteiger partial charge in [-0.05, 0) is 35.9 Å². The van der Waals surface area contributed by atoms with E-state index in [1.807, 2.05) is 23.9 Å². The predicted molar refractivity (Wildman–Crippen MR) is 82.9 cm³/mol. The quantitative estimate of drug-likeness (QED) is 0.800. The third kappa shape index (κ3) is 5.72. The van der Waals surface area contributed by atoms with Crippen LogP contribution in [0.2, 0.25) is 0 Å². The van der Waals surface area contributed by atoms with Crippen molar-refractivity contribution in [3.8, 4) is 0 Å². The third-order valence-corrected chi connectivity index (χ3v) is 4.36. The molecule has 1 atom stereocenters. The Bertz CT molecular complexity index is 371. The SMILES string of the molecule is CCNC(CSC(C)C)Cc1ccc(Br)cc1F. The van der Waals surface area contributed by atoms with E-state index in [1.54, 1.807) is 0 Å². The van der Waals surface area contributed by atoms with Gasteiger partial charge in [0.1, 0.15) is 5.82 Å². The zero-order valence-electron chi connectivity index (χ0n) is 11.2. The Morgan fingerprint density at radius 1 is 1.39 bits per heavy atom. The highest BCUT2D eigenvalue weighted by atomic mass is 79.9. The smallest absolute Gasteiger partial charge is 0.127 e. The van der Waals surface area contributed by atoms with E-state index >= 15 is 0 Å². The van der Waals surface area contributed by atoms with Crippen molar-refractivity contribution in [3.63, 3.8) is 0 Å². The van der Waals surface area contributed by atoms with Gasteiger partial charge in [-0.1, -0.05) is 42.8 Å². The van der Waals surface area contributed by atoms with Crippen LogP contribution in [0.5, 0.6) is 0 Å². The van der Waals surface area contributed by atoms with Crippen LogP contribution in [0.3, 0.4) is 0 Å². The molecule has 0 saturated carbocycles. The first kappa shape index (κ1) is 16.0. The number of likely N-dealkylation sites (N-methyl/N-ethyl adjacent to an activating group) is 1. The Morgan fingerprint density at radius 2 is 2.11 bits per heavy atom. The van der Waals surface area contributed by atoms with Gasteiger partial charge >= 0.3 is 0 Å². The Balaban J connectivity index is 2.64. The normalized spacial score (nSPS) is 13.0. The molecule has 1 nitrogen and oxygen atoms in total. The summed E-state index contributed by atoms with van der Waals surface area (Å²) in [6, 6.07) is 5.63. The van der Waals surface area contributed by atoms with Crippen molar-refractivity contribution < 1.29 is 4.39 Å². The van der Waals surface area contributed by atoms with Crippen LogP contribution in [0, 0.1) is 5.82 Å². The van der Waals surface area contributed by atoms with Crippen LogP contribution in [0.4, 0.5) is 4.39 Å². The van der Waals surface area contributed by atoms with Gasteiger partial charge in [-0.25, -0.2) is 4.39 Å². The van der Waals surface area contributed by atoms with E-state index in [0.717, 1.165) is 28.8 Å². The predicted octanol–water partition coefficient (Wildman–Crippen LogP) is 4.25. The van der Waals surface area contributed by atoms with Gasteiger partial charge in [0.25, 0.3) is 0 Å². The maximum atomic E-state index is 13.8. The summed E-state index contributed by atoms with van der Waals surface area (Å²) in [5, 5.41) is 4.04. The van der Waals surface area contributed by atoms with Crippen LogP contribution in [-0.4, -0.2) is 23.6 Å². The van der Waals surface area contributed by atoms with E-state index in [-0.39, 0.29) is 5.82 Å². The Morgan fingerprint density at radius 3 is 2.67 bits per heavy atom. The Labute approximate surface area is 122 Å². The molecule has 1 unspecified atom stereocenters. The highest BCUT2D eigenvalue weighted by Gasteiger charge is 2.12. The minimum atomic E-state index is -0.123. The minimum absolute atomic E-state index is 0.123. The van der Waals surface area contributed by atoms with Gasteiger partial charge in [0, 0.05) is 16.3 Å². The molecule has 0 heterocycles. The number of benzene rings is 1. The first-order valence-corrected chi connectivity index (χ1v) is 8.16. The molecule has 0 bridgehead atoms. The average Bonchev–Trinajstić information content (AvgIpc) is 2.29. The zero-order chi connectivity index (χ0) is 13.5. The van der Waals surface area contributed by atoms with Crippen LogP contribution in [0.1, 0.15) is 26.3 Å². The molecule has 0 aliphatic carbocycles. The van der Waals surface area contributed by atoms with E-state index in [2.05, 4.69) is 42.0 Å². The number of rotatable bonds is 7. The first-order valence-electron chi connectivity index (χ1n) is 6.31. The van der Waals surface area contributed by atoms with E-state index in [4.69, 9.17) is 0 Å².